The molecule has 2 aromatic carbocycles. The molecule has 1 fully saturated rings. The van der Waals surface area contributed by atoms with Crippen molar-refractivity contribution in [2.24, 2.45) is 5.92 Å². The molecule has 4 rings (SSSR count). The highest BCUT2D eigenvalue weighted by Gasteiger charge is 2.31. The van der Waals surface area contributed by atoms with Gasteiger partial charge in [0, 0.05) is 31.1 Å². The van der Waals surface area contributed by atoms with E-state index in [0.717, 1.165) is 5.56 Å². The standard InChI is InChI=1S/C23H21F3N4O3/c24-23(25,26)33-18-8-4-7-16(11-18)19-13-20(28-22(32)17-12-21(31)27-14-17)29-30(19)10-9-15-5-2-1-3-6-15/h1-8,11,13,17H,9-10,12,14H2,(H,27,31)(H,28,29,32)/t17-/m1/s1. The van der Waals surface area contributed by atoms with Gasteiger partial charge in [-0.3, -0.25) is 14.3 Å². The predicted octanol–water partition coefficient (Wildman–Crippen LogP) is 3.77. The molecule has 0 radical (unpaired) electrons. The molecule has 0 saturated carbocycles. The molecular weight excluding hydrogens is 437 g/mol. The zero-order valence-electron chi connectivity index (χ0n) is 17.4. The Morgan fingerprint density at radius 2 is 1.94 bits per heavy atom. The number of aromatic nitrogens is 2. The summed E-state index contributed by atoms with van der Waals surface area (Å²) >= 11 is 0. The van der Waals surface area contributed by atoms with Crippen LogP contribution in [0.15, 0.2) is 60.7 Å². The number of carbonyl (C=O) groups excluding carboxylic acids is 2. The van der Waals surface area contributed by atoms with Gasteiger partial charge >= 0.3 is 6.36 Å². The summed E-state index contributed by atoms with van der Waals surface area (Å²) in [5, 5.41) is 9.78. The van der Waals surface area contributed by atoms with Crippen LogP contribution in [-0.2, 0) is 22.6 Å². The van der Waals surface area contributed by atoms with Crippen LogP contribution in [0.3, 0.4) is 0 Å². The second-order valence-corrected chi connectivity index (χ2v) is 7.64. The van der Waals surface area contributed by atoms with E-state index in [-0.39, 0.29) is 36.3 Å². The molecule has 0 aliphatic carbocycles. The van der Waals surface area contributed by atoms with Gasteiger partial charge in [-0.2, -0.15) is 5.10 Å². The molecule has 10 heteroatoms. The van der Waals surface area contributed by atoms with Gasteiger partial charge in [0.15, 0.2) is 5.82 Å². The van der Waals surface area contributed by atoms with E-state index in [0.29, 0.717) is 24.2 Å². The summed E-state index contributed by atoms with van der Waals surface area (Å²) in [4.78, 5) is 23.9. The first-order chi connectivity index (χ1) is 15.8. The van der Waals surface area contributed by atoms with Crippen molar-refractivity contribution in [2.45, 2.75) is 25.7 Å². The summed E-state index contributed by atoms with van der Waals surface area (Å²) in [5.41, 5.74) is 2.04. The maximum Gasteiger partial charge on any atom is 0.573 e. The van der Waals surface area contributed by atoms with Crippen LogP contribution in [0.5, 0.6) is 5.75 Å². The Bertz CT molecular complexity index is 1150. The predicted molar refractivity (Wildman–Crippen MR) is 114 cm³/mol. The molecule has 2 amide bonds. The normalized spacial score (nSPS) is 15.8. The number of aryl methyl sites for hydroxylation is 2. The van der Waals surface area contributed by atoms with E-state index in [2.05, 4.69) is 20.5 Å². The Kier molecular flexibility index (Phi) is 6.34. The van der Waals surface area contributed by atoms with E-state index >= 15 is 0 Å². The largest absolute Gasteiger partial charge is 0.573 e. The molecule has 2 heterocycles. The Labute approximate surface area is 187 Å². The van der Waals surface area contributed by atoms with Crippen LogP contribution >= 0.6 is 0 Å². The van der Waals surface area contributed by atoms with Crippen molar-refractivity contribution < 1.29 is 27.5 Å². The fraction of sp³-hybridized carbons (Fsp3) is 0.261. The third-order valence-electron chi connectivity index (χ3n) is 5.20. The zero-order chi connectivity index (χ0) is 23.4. The quantitative estimate of drug-likeness (QED) is 0.565. The maximum atomic E-state index is 12.7. The molecule has 1 saturated heterocycles. The summed E-state index contributed by atoms with van der Waals surface area (Å²) in [5.74, 6) is -1.13. The first kappa shape index (κ1) is 22.4. The van der Waals surface area contributed by atoms with Gasteiger partial charge in [-0.1, -0.05) is 42.5 Å². The summed E-state index contributed by atoms with van der Waals surface area (Å²) in [6.07, 6.45) is -4.08. The third-order valence-corrected chi connectivity index (χ3v) is 5.20. The lowest BCUT2D eigenvalue weighted by atomic mass is 10.1. The molecule has 0 bridgehead atoms. The number of nitrogens with one attached hydrogen (secondary N) is 2. The average molecular weight is 458 g/mol. The number of nitrogens with zero attached hydrogens (tertiary/aromatic N) is 2. The van der Waals surface area contributed by atoms with Crippen LogP contribution in [0, 0.1) is 5.92 Å². The van der Waals surface area contributed by atoms with Gasteiger partial charge in [-0.15, -0.1) is 13.2 Å². The highest BCUT2D eigenvalue weighted by atomic mass is 19.4. The second kappa shape index (κ2) is 9.35. The second-order valence-electron chi connectivity index (χ2n) is 7.64. The van der Waals surface area contributed by atoms with Gasteiger partial charge < -0.3 is 15.4 Å². The van der Waals surface area contributed by atoms with Crippen molar-refractivity contribution in [2.75, 3.05) is 11.9 Å². The average Bonchev–Trinajstić information content (AvgIpc) is 3.38. The summed E-state index contributed by atoms with van der Waals surface area (Å²) in [7, 11) is 0. The van der Waals surface area contributed by atoms with Crippen LogP contribution in [0.4, 0.5) is 19.0 Å². The number of rotatable bonds is 7. The van der Waals surface area contributed by atoms with Crippen LogP contribution in [0.2, 0.25) is 0 Å². The van der Waals surface area contributed by atoms with Gasteiger partial charge in [0.25, 0.3) is 0 Å². The van der Waals surface area contributed by atoms with Gasteiger partial charge in [0.1, 0.15) is 5.75 Å². The minimum absolute atomic E-state index is 0.101. The Balaban J connectivity index is 1.60. The van der Waals surface area contributed by atoms with Crippen LogP contribution in [0.25, 0.3) is 11.3 Å². The van der Waals surface area contributed by atoms with E-state index in [9.17, 15) is 22.8 Å². The molecule has 172 valence electrons. The minimum atomic E-state index is -4.81. The number of carbonyl (C=O) groups is 2. The van der Waals surface area contributed by atoms with E-state index in [1.54, 1.807) is 16.8 Å². The lowest BCUT2D eigenvalue weighted by Gasteiger charge is -2.11. The van der Waals surface area contributed by atoms with Crippen molar-refractivity contribution in [3.63, 3.8) is 0 Å². The van der Waals surface area contributed by atoms with Crippen LogP contribution < -0.4 is 15.4 Å². The summed E-state index contributed by atoms with van der Waals surface area (Å²) in [6.45, 7) is 0.687. The van der Waals surface area contributed by atoms with E-state index in [4.69, 9.17) is 0 Å². The molecule has 1 aliphatic heterocycles. The molecule has 1 aliphatic rings. The minimum Gasteiger partial charge on any atom is -0.406 e. The molecule has 0 spiro atoms. The summed E-state index contributed by atoms with van der Waals surface area (Å²) in [6, 6.07) is 16.9. The maximum absolute atomic E-state index is 12.7. The van der Waals surface area contributed by atoms with Gasteiger partial charge in [-0.05, 0) is 24.1 Å². The van der Waals surface area contributed by atoms with Crippen molar-refractivity contribution in [3.8, 4) is 17.0 Å². The smallest absolute Gasteiger partial charge is 0.406 e. The molecule has 0 unspecified atom stereocenters. The molecule has 1 aromatic heterocycles. The molecule has 3 aromatic rings. The van der Waals surface area contributed by atoms with Crippen molar-refractivity contribution in [3.05, 3.63) is 66.2 Å². The van der Waals surface area contributed by atoms with Crippen LogP contribution in [0.1, 0.15) is 12.0 Å². The Morgan fingerprint density at radius 1 is 1.15 bits per heavy atom. The zero-order valence-corrected chi connectivity index (χ0v) is 17.4. The molecule has 33 heavy (non-hydrogen) atoms. The van der Waals surface area contributed by atoms with Crippen molar-refractivity contribution >= 4 is 17.6 Å². The number of hydrogen-bond donors (Lipinski definition) is 2. The number of benzene rings is 2. The van der Waals surface area contributed by atoms with E-state index < -0.39 is 12.3 Å². The van der Waals surface area contributed by atoms with E-state index in [1.165, 1.54) is 18.2 Å². The molecule has 7 nitrogen and oxygen atoms in total. The monoisotopic (exact) mass is 458 g/mol. The summed E-state index contributed by atoms with van der Waals surface area (Å²) < 4.78 is 43.7. The lowest BCUT2D eigenvalue weighted by molar-refractivity contribution is -0.274. The number of alkyl halides is 3. The SMILES string of the molecule is O=C1C[C@@H](C(=O)Nc2cc(-c3cccc(OC(F)(F)F)c3)n(CCc3ccccc3)n2)CN1. The lowest BCUT2D eigenvalue weighted by Crippen LogP contribution is -2.25. The van der Waals surface area contributed by atoms with Crippen molar-refractivity contribution in [1.82, 2.24) is 15.1 Å². The first-order valence-corrected chi connectivity index (χ1v) is 10.3. The number of hydrogen-bond acceptors (Lipinski definition) is 4. The number of amides is 2. The molecule has 2 N–H and O–H groups in total. The molecular formula is C23H21F3N4O3. The fourth-order valence-corrected chi connectivity index (χ4v) is 3.63. The topological polar surface area (TPSA) is 85.2 Å². The van der Waals surface area contributed by atoms with Gasteiger partial charge in [-0.25, -0.2) is 0 Å². The van der Waals surface area contributed by atoms with E-state index in [1.807, 2.05) is 30.3 Å². The Morgan fingerprint density at radius 3 is 2.64 bits per heavy atom. The van der Waals surface area contributed by atoms with Crippen molar-refractivity contribution in [1.29, 1.82) is 0 Å². The van der Waals surface area contributed by atoms with Gasteiger partial charge in [0.2, 0.25) is 11.8 Å². The highest BCUT2D eigenvalue weighted by Crippen LogP contribution is 2.30. The Hall–Kier alpha value is -3.82. The van der Waals surface area contributed by atoms with Crippen LogP contribution in [-0.4, -0.2) is 34.5 Å². The first-order valence-electron chi connectivity index (χ1n) is 10.3. The highest BCUT2D eigenvalue weighted by molar-refractivity contribution is 5.96. The number of anilines is 1. The number of ether oxygens (including phenoxy) is 1. The third kappa shape index (κ3) is 5.91. The number of halogens is 3. The fourth-order valence-electron chi connectivity index (χ4n) is 3.63. The van der Waals surface area contributed by atoms with Gasteiger partial charge in [0.05, 0.1) is 11.6 Å². The molecule has 1 atom stereocenters.